The van der Waals surface area contributed by atoms with Gasteiger partial charge in [-0.25, -0.2) is 0 Å². The van der Waals surface area contributed by atoms with E-state index in [1.165, 1.54) is 0 Å². The second-order valence-corrected chi connectivity index (χ2v) is 6.05. The minimum absolute atomic E-state index is 0.0856. The van der Waals surface area contributed by atoms with E-state index in [4.69, 9.17) is 9.47 Å². The molecule has 0 radical (unpaired) electrons. The molecule has 140 valence electrons. The van der Waals surface area contributed by atoms with Crippen LogP contribution in [-0.4, -0.2) is 37.8 Å². The van der Waals surface area contributed by atoms with Gasteiger partial charge in [-0.3, -0.25) is 4.79 Å². The van der Waals surface area contributed by atoms with Gasteiger partial charge in [-0.05, 0) is 24.6 Å². The maximum atomic E-state index is 12.3. The average molecular weight is 358 g/mol. The predicted molar refractivity (Wildman–Crippen MR) is 102 cm³/mol. The number of ether oxygens (including phenoxy) is 2. The highest BCUT2D eigenvalue weighted by atomic mass is 16.5. The van der Waals surface area contributed by atoms with E-state index in [0.29, 0.717) is 23.7 Å². The van der Waals surface area contributed by atoms with Crippen molar-refractivity contribution in [3.63, 3.8) is 0 Å². The molecule has 0 saturated heterocycles. The molecule has 0 aliphatic heterocycles. The lowest BCUT2D eigenvalue weighted by molar-refractivity contribution is -0.116. The fourth-order valence-electron chi connectivity index (χ4n) is 2.56. The molecule has 6 heteroatoms. The average Bonchev–Trinajstić information content (AvgIpc) is 2.67. The standard InChI is InChI=1S/C20H26N2O4/c1-14(21-13-18(23)15-7-5-4-6-8-15)11-20(24)22-17-10-9-16(25-2)12-19(17)26-3/h4-10,12,14,18,21,23H,11,13H2,1-3H3,(H,22,24). The summed E-state index contributed by atoms with van der Waals surface area (Å²) in [5.41, 5.74) is 1.44. The summed E-state index contributed by atoms with van der Waals surface area (Å²) in [7, 11) is 3.11. The third-order valence-corrected chi connectivity index (χ3v) is 4.02. The Morgan fingerprint density at radius 2 is 1.85 bits per heavy atom. The van der Waals surface area contributed by atoms with Gasteiger partial charge < -0.3 is 25.2 Å². The van der Waals surface area contributed by atoms with Crippen molar-refractivity contribution < 1.29 is 19.4 Å². The number of carbonyl (C=O) groups excluding carboxylic acids is 1. The lowest BCUT2D eigenvalue weighted by Gasteiger charge is -2.18. The zero-order valence-electron chi connectivity index (χ0n) is 15.4. The van der Waals surface area contributed by atoms with Crippen molar-refractivity contribution >= 4 is 11.6 Å². The topological polar surface area (TPSA) is 79.8 Å². The second-order valence-electron chi connectivity index (χ2n) is 6.05. The first-order chi connectivity index (χ1) is 12.5. The number of rotatable bonds is 9. The molecular formula is C20H26N2O4. The van der Waals surface area contributed by atoms with Crippen molar-refractivity contribution in [1.29, 1.82) is 0 Å². The monoisotopic (exact) mass is 358 g/mol. The Morgan fingerprint density at radius 3 is 2.50 bits per heavy atom. The van der Waals surface area contributed by atoms with Crippen molar-refractivity contribution in [2.24, 2.45) is 0 Å². The van der Waals surface area contributed by atoms with Gasteiger partial charge in [0.05, 0.1) is 26.0 Å². The molecule has 2 aromatic rings. The van der Waals surface area contributed by atoms with Crippen LogP contribution in [0.1, 0.15) is 25.0 Å². The minimum atomic E-state index is -0.608. The van der Waals surface area contributed by atoms with Gasteiger partial charge in [0.25, 0.3) is 0 Å². The second kappa shape index (κ2) is 9.79. The molecule has 26 heavy (non-hydrogen) atoms. The van der Waals surface area contributed by atoms with Gasteiger partial charge in [-0.2, -0.15) is 0 Å². The van der Waals surface area contributed by atoms with Gasteiger partial charge in [0, 0.05) is 25.1 Å². The van der Waals surface area contributed by atoms with E-state index in [0.717, 1.165) is 5.56 Å². The predicted octanol–water partition coefficient (Wildman–Crippen LogP) is 2.74. The molecule has 0 saturated carbocycles. The Morgan fingerprint density at radius 1 is 1.12 bits per heavy atom. The number of aliphatic hydroxyl groups excluding tert-OH is 1. The number of anilines is 1. The van der Waals surface area contributed by atoms with Gasteiger partial charge in [-0.15, -0.1) is 0 Å². The van der Waals surface area contributed by atoms with Crippen LogP contribution in [0.4, 0.5) is 5.69 Å². The molecule has 0 aliphatic rings. The summed E-state index contributed by atoms with van der Waals surface area (Å²) in [6, 6.07) is 14.6. The molecule has 2 rings (SSSR count). The summed E-state index contributed by atoms with van der Waals surface area (Å²) in [6.45, 7) is 2.28. The number of amides is 1. The third kappa shape index (κ3) is 5.75. The first-order valence-corrected chi connectivity index (χ1v) is 8.51. The number of hydrogen-bond donors (Lipinski definition) is 3. The summed E-state index contributed by atoms with van der Waals surface area (Å²) in [5.74, 6) is 1.06. The number of aliphatic hydroxyl groups is 1. The molecule has 3 N–H and O–H groups in total. The molecule has 0 fully saturated rings. The Bertz CT molecular complexity index is 706. The smallest absolute Gasteiger partial charge is 0.226 e. The molecule has 0 bridgehead atoms. The SMILES string of the molecule is COc1ccc(NC(=O)CC(C)NCC(O)c2ccccc2)c(OC)c1. The van der Waals surface area contributed by atoms with Crippen molar-refractivity contribution in [2.45, 2.75) is 25.5 Å². The highest BCUT2D eigenvalue weighted by Crippen LogP contribution is 2.29. The number of carbonyl (C=O) groups is 1. The highest BCUT2D eigenvalue weighted by molar-refractivity contribution is 5.92. The zero-order valence-corrected chi connectivity index (χ0v) is 15.4. The van der Waals surface area contributed by atoms with Crippen molar-refractivity contribution in [1.82, 2.24) is 5.32 Å². The Balaban J connectivity index is 1.83. The number of hydrogen-bond acceptors (Lipinski definition) is 5. The van der Waals surface area contributed by atoms with Crippen LogP contribution in [0.2, 0.25) is 0 Å². The Kier molecular flexibility index (Phi) is 7.44. The first kappa shape index (κ1) is 19.8. The van der Waals surface area contributed by atoms with E-state index in [-0.39, 0.29) is 18.4 Å². The summed E-state index contributed by atoms with van der Waals surface area (Å²) in [6.07, 6.45) is -0.333. The van der Waals surface area contributed by atoms with Gasteiger partial charge in [0.2, 0.25) is 5.91 Å². The molecule has 0 heterocycles. The normalized spacial score (nSPS) is 12.9. The van der Waals surface area contributed by atoms with E-state index in [9.17, 15) is 9.90 Å². The van der Waals surface area contributed by atoms with Crippen molar-refractivity contribution in [3.05, 3.63) is 54.1 Å². The highest BCUT2D eigenvalue weighted by Gasteiger charge is 2.14. The van der Waals surface area contributed by atoms with Crippen LogP contribution < -0.4 is 20.1 Å². The molecule has 2 unspecified atom stereocenters. The summed E-state index contributed by atoms with van der Waals surface area (Å²) < 4.78 is 10.4. The van der Waals surface area contributed by atoms with Crippen LogP contribution in [0.25, 0.3) is 0 Å². The number of nitrogens with one attached hydrogen (secondary N) is 2. The van der Waals surface area contributed by atoms with E-state index in [1.807, 2.05) is 37.3 Å². The van der Waals surface area contributed by atoms with Gasteiger partial charge >= 0.3 is 0 Å². The fraction of sp³-hybridized carbons (Fsp3) is 0.350. The first-order valence-electron chi connectivity index (χ1n) is 8.51. The lowest BCUT2D eigenvalue weighted by Crippen LogP contribution is -2.33. The largest absolute Gasteiger partial charge is 0.497 e. The fourth-order valence-corrected chi connectivity index (χ4v) is 2.56. The Labute approximate surface area is 154 Å². The molecule has 6 nitrogen and oxygen atoms in total. The van der Waals surface area contributed by atoms with Gasteiger partial charge in [-0.1, -0.05) is 30.3 Å². The quantitative estimate of drug-likeness (QED) is 0.642. The van der Waals surface area contributed by atoms with Crippen molar-refractivity contribution in [2.75, 3.05) is 26.1 Å². The maximum Gasteiger partial charge on any atom is 0.226 e. The van der Waals surface area contributed by atoms with E-state index >= 15 is 0 Å². The molecule has 1 amide bonds. The lowest BCUT2D eigenvalue weighted by atomic mass is 10.1. The van der Waals surface area contributed by atoms with Crippen LogP contribution in [-0.2, 0) is 4.79 Å². The van der Waals surface area contributed by atoms with Crippen LogP contribution in [0.15, 0.2) is 48.5 Å². The van der Waals surface area contributed by atoms with Crippen LogP contribution in [0, 0.1) is 0 Å². The summed E-state index contributed by atoms with van der Waals surface area (Å²) in [4.78, 5) is 12.3. The maximum absolute atomic E-state index is 12.3. The molecule has 0 aromatic heterocycles. The summed E-state index contributed by atoms with van der Waals surface area (Å²) in [5, 5.41) is 16.2. The third-order valence-electron chi connectivity index (χ3n) is 4.02. The van der Waals surface area contributed by atoms with Crippen molar-refractivity contribution in [3.8, 4) is 11.5 Å². The minimum Gasteiger partial charge on any atom is -0.497 e. The van der Waals surface area contributed by atoms with Gasteiger partial charge in [0.1, 0.15) is 11.5 Å². The van der Waals surface area contributed by atoms with E-state index in [2.05, 4.69) is 10.6 Å². The number of benzene rings is 2. The molecule has 0 spiro atoms. The summed E-state index contributed by atoms with van der Waals surface area (Å²) >= 11 is 0. The molecule has 0 aliphatic carbocycles. The zero-order chi connectivity index (χ0) is 18.9. The Hall–Kier alpha value is -2.57. The van der Waals surface area contributed by atoms with Crippen LogP contribution >= 0.6 is 0 Å². The number of methoxy groups -OCH3 is 2. The van der Waals surface area contributed by atoms with Crippen LogP contribution in [0.3, 0.4) is 0 Å². The molecule has 2 aromatic carbocycles. The van der Waals surface area contributed by atoms with E-state index < -0.39 is 6.10 Å². The van der Waals surface area contributed by atoms with Gasteiger partial charge in [0.15, 0.2) is 0 Å². The van der Waals surface area contributed by atoms with E-state index in [1.54, 1.807) is 32.4 Å². The molecular weight excluding hydrogens is 332 g/mol. The molecule has 2 atom stereocenters. The van der Waals surface area contributed by atoms with Crippen LogP contribution in [0.5, 0.6) is 11.5 Å².